The number of carbonyl (C=O) groups is 2. The van der Waals surface area contributed by atoms with Crippen molar-refractivity contribution in [3.8, 4) is 0 Å². The van der Waals surface area contributed by atoms with Gasteiger partial charge in [-0.05, 0) is 0 Å². The minimum atomic E-state index is -1.20. The summed E-state index contributed by atoms with van der Waals surface area (Å²) in [5.41, 5.74) is 4.62. The average Bonchev–Trinajstić information content (AvgIpc) is 1.84. The second-order valence-electron chi connectivity index (χ2n) is 1.78. The van der Waals surface area contributed by atoms with Crippen LogP contribution in [0.4, 0.5) is 4.79 Å². The lowest BCUT2D eigenvalue weighted by atomic mass is 10.2. The van der Waals surface area contributed by atoms with E-state index in [9.17, 15) is 14.4 Å². The summed E-state index contributed by atoms with van der Waals surface area (Å²) in [5, 5.41) is 10.1. The molecule has 0 saturated heterocycles. The number of nitrogens with two attached hydrogens (primary N) is 1. The van der Waals surface area contributed by atoms with Gasteiger partial charge < -0.3 is 16.2 Å². The van der Waals surface area contributed by atoms with Crippen LogP contribution in [0.2, 0.25) is 0 Å². The summed E-state index contributed by atoms with van der Waals surface area (Å²) in [6, 6.07) is -2.11. The topological polar surface area (TPSA) is 109 Å². The summed E-state index contributed by atoms with van der Waals surface area (Å²) in [6.45, 7) is 0. The number of hydrogen-bond acceptors (Lipinski definition) is 3. The first kappa shape index (κ1) is 9.41. The zero-order valence-corrected chi connectivity index (χ0v) is 5.53. The molecule has 0 unspecified atom stereocenters. The van der Waals surface area contributed by atoms with E-state index in [0.29, 0.717) is 0 Å². The van der Waals surface area contributed by atoms with Crippen LogP contribution in [0.1, 0.15) is 6.42 Å². The van der Waals surface area contributed by atoms with Crippen LogP contribution in [0, 0.1) is 0 Å². The first-order valence-electron chi connectivity index (χ1n) is 2.71. The maximum Gasteiger partial charge on any atom is 0.312 e. The van der Waals surface area contributed by atoms with E-state index in [-0.39, 0.29) is 0 Å². The molecule has 0 bridgehead atoms. The van der Waals surface area contributed by atoms with Gasteiger partial charge in [0.2, 0.25) is 6.29 Å². The monoisotopic (exact) mass is 159 g/mol. The Bertz CT molecular complexity index is 163. The van der Waals surface area contributed by atoms with Crippen LogP contribution in [-0.2, 0) is 9.59 Å². The molecule has 0 heterocycles. The zero-order valence-electron chi connectivity index (χ0n) is 5.53. The van der Waals surface area contributed by atoms with Crippen molar-refractivity contribution >= 4 is 18.3 Å². The van der Waals surface area contributed by atoms with Crippen LogP contribution in [0.15, 0.2) is 0 Å². The highest BCUT2D eigenvalue weighted by Gasteiger charge is 2.13. The van der Waals surface area contributed by atoms with E-state index in [4.69, 9.17) is 5.11 Å². The minimum absolute atomic E-state index is 0.508. The van der Waals surface area contributed by atoms with E-state index >= 15 is 0 Å². The van der Waals surface area contributed by atoms with E-state index in [1.54, 1.807) is 0 Å². The number of urea groups is 1. The van der Waals surface area contributed by atoms with Gasteiger partial charge in [0, 0.05) is 0 Å². The Morgan fingerprint density at radius 2 is 2.18 bits per heavy atom. The van der Waals surface area contributed by atoms with E-state index in [0.717, 1.165) is 0 Å². The van der Waals surface area contributed by atoms with Crippen LogP contribution < -0.4 is 11.1 Å². The Kier molecular flexibility index (Phi) is 3.65. The quantitative estimate of drug-likeness (QED) is 0.469. The van der Waals surface area contributed by atoms with Gasteiger partial charge in [-0.25, -0.2) is 4.79 Å². The molecule has 4 N–H and O–H groups in total. The highest BCUT2D eigenvalue weighted by molar-refractivity contribution is 5.80. The summed E-state index contributed by atoms with van der Waals surface area (Å²) in [7, 11) is 0. The summed E-state index contributed by atoms with van der Waals surface area (Å²) in [6.07, 6.45) is 0.814. The van der Waals surface area contributed by atoms with Gasteiger partial charge in [-0.15, -0.1) is 0 Å². The molecule has 0 aliphatic carbocycles. The van der Waals surface area contributed by atoms with Crippen molar-refractivity contribution < 1.29 is 19.5 Å². The lowest BCUT2D eigenvalue weighted by molar-refractivity contribution is -0.137. The molecule has 61 valence electrons. The Hall–Kier alpha value is -1.59. The van der Waals surface area contributed by atoms with Crippen molar-refractivity contribution in [1.82, 2.24) is 5.32 Å². The normalized spacial score (nSPS) is 11.6. The average molecular weight is 159 g/mol. The molecule has 0 fully saturated rings. The largest absolute Gasteiger partial charge is 0.481 e. The Labute approximate surface area is 62.4 Å². The van der Waals surface area contributed by atoms with Gasteiger partial charge in [-0.2, -0.15) is 0 Å². The maximum absolute atomic E-state index is 10.1. The number of amides is 2. The molecule has 11 heavy (non-hydrogen) atoms. The predicted molar refractivity (Wildman–Crippen MR) is 34.5 cm³/mol. The van der Waals surface area contributed by atoms with Gasteiger partial charge in [0.05, 0.1) is 6.42 Å². The molecule has 0 spiro atoms. The van der Waals surface area contributed by atoms with Gasteiger partial charge in [-0.1, -0.05) is 0 Å². The number of primary amides is 1. The number of hydrogen-bond donors (Lipinski definition) is 3. The molecule has 1 atom stereocenters. The van der Waals surface area contributed by atoms with Gasteiger partial charge in [0.25, 0.3) is 0 Å². The first-order valence-corrected chi connectivity index (χ1v) is 2.71. The van der Waals surface area contributed by atoms with Crippen molar-refractivity contribution in [2.24, 2.45) is 5.73 Å². The number of carboxylic acids is 1. The lowest BCUT2D eigenvalue weighted by Gasteiger charge is -2.05. The Morgan fingerprint density at radius 3 is 2.45 bits per heavy atom. The molecular weight excluding hydrogens is 152 g/mol. The smallest absolute Gasteiger partial charge is 0.312 e. The molecule has 2 amide bonds. The van der Waals surface area contributed by atoms with Gasteiger partial charge >= 0.3 is 12.0 Å². The number of aliphatic carboxylic acids is 1. The van der Waals surface area contributed by atoms with Crippen molar-refractivity contribution in [1.29, 1.82) is 0 Å². The van der Waals surface area contributed by atoms with Crippen LogP contribution in [0.3, 0.4) is 0 Å². The van der Waals surface area contributed by atoms with Crippen molar-refractivity contribution in [3.63, 3.8) is 0 Å². The summed E-state index contributed by atoms with van der Waals surface area (Å²) < 4.78 is 0. The second-order valence-corrected chi connectivity index (χ2v) is 1.78. The van der Waals surface area contributed by atoms with Crippen LogP contribution in [-0.4, -0.2) is 29.4 Å². The predicted octanol–water partition coefficient (Wildman–Crippen LogP) is -1.39. The number of carboxylic acid groups (broad SMARTS) is 1. The zero-order chi connectivity index (χ0) is 8.85. The van der Waals surface area contributed by atoms with Crippen LogP contribution in [0.25, 0.3) is 0 Å². The van der Waals surface area contributed by atoms with Gasteiger partial charge in [-0.3, -0.25) is 9.59 Å². The van der Waals surface area contributed by atoms with Crippen molar-refractivity contribution in [2.45, 2.75) is 12.5 Å². The molecule has 0 aromatic carbocycles. The highest BCUT2D eigenvalue weighted by atomic mass is 16.4. The molecule has 0 rings (SSSR count). The van der Waals surface area contributed by atoms with E-state index in [1.807, 2.05) is 5.32 Å². The molecular formula is C5H7N2O4. The third-order valence-electron chi connectivity index (χ3n) is 0.837. The molecule has 6 nitrogen and oxygen atoms in total. The maximum atomic E-state index is 10.1. The Morgan fingerprint density at radius 1 is 1.64 bits per heavy atom. The Balaban J connectivity index is 3.85. The van der Waals surface area contributed by atoms with Crippen molar-refractivity contribution in [2.75, 3.05) is 0 Å². The lowest BCUT2D eigenvalue weighted by Crippen LogP contribution is -2.40. The van der Waals surface area contributed by atoms with Crippen LogP contribution in [0.5, 0.6) is 0 Å². The molecule has 0 aromatic heterocycles. The summed E-state index contributed by atoms with van der Waals surface area (Å²) in [5.74, 6) is -1.20. The number of rotatable bonds is 4. The molecule has 0 aliphatic heterocycles. The third kappa shape index (κ3) is 4.89. The number of nitrogens with one attached hydrogen (secondary N) is 1. The minimum Gasteiger partial charge on any atom is -0.481 e. The SMILES string of the molecule is NC(=O)N[C@H]([C]=O)CC(=O)O. The fraction of sp³-hybridized carbons (Fsp3) is 0.400. The van der Waals surface area contributed by atoms with E-state index in [1.165, 1.54) is 6.29 Å². The van der Waals surface area contributed by atoms with Crippen LogP contribution >= 0.6 is 0 Å². The summed E-state index contributed by atoms with van der Waals surface area (Å²) >= 11 is 0. The number of carbonyl (C=O) groups excluding carboxylic acids is 2. The molecule has 0 aromatic rings. The second kappa shape index (κ2) is 4.26. The molecule has 0 aliphatic rings. The fourth-order valence-electron chi connectivity index (χ4n) is 0.469. The standard InChI is InChI=1S/C5H7N2O4/c6-5(11)7-3(2-8)1-4(9)10/h3H,1H2,(H,9,10)(H3,6,7,11)/t3-/m0/s1. The fourth-order valence-corrected chi connectivity index (χ4v) is 0.469. The third-order valence-corrected chi connectivity index (χ3v) is 0.837. The van der Waals surface area contributed by atoms with Crippen molar-refractivity contribution in [3.05, 3.63) is 0 Å². The van der Waals surface area contributed by atoms with Gasteiger partial charge in [0.1, 0.15) is 6.04 Å². The van der Waals surface area contributed by atoms with Gasteiger partial charge in [0.15, 0.2) is 0 Å². The first-order chi connectivity index (χ1) is 5.06. The highest BCUT2D eigenvalue weighted by Crippen LogP contribution is 1.86. The molecule has 6 heteroatoms. The van der Waals surface area contributed by atoms with E-state index in [2.05, 4.69) is 5.73 Å². The molecule has 1 radical (unpaired) electrons. The summed E-state index contributed by atoms with van der Waals surface area (Å²) in [4.78, 5) is 30.0. The molecule has 0 saturated carbocycles. The van der Waals surface area contributed by atoms with E-state index < -0.39 is 24.5 Å².